The van der Waals surface area contributed by atoms with E-state index >= 15 is 0 Å². The maximum absolute atomic E-state index is 0. The maximum Gasteiger partial charge on any atom is -0.0776 e. The van der Waals surface area contributed by atoms with Gasteiger partial charge in [-0.2, -0.15) is 0 Å². The van der Waals surface area contributed by atoms with E-state index in [0.717, 1.165) is 0 Å². The lowest BCUT2D eigenvalue weighted by Crippen LogP contribution is 0.144. The third kappa shape index (κ3) is 302. The molecule has 0 aliphatic rings. The van der Waals surface area contributed by atoms with Crippen LogP contribution < -0.4 is 0 Å². The third-order valence-electron chi connectivity index (χ3n) is 0. The van der Waals surface area contributed by atoms with E-state index in [0.29, 0.717) is 0 Å². The minimum atomic E-state index is 0. The van der Waals surface area contributed by atoms with E-state index in [4.69, 9.17) is 0 Å². The molecule has 0 unspecified atom stereocenters. The predicted molar refractivity (Wildman–Crippen MR) is 24.6 cm³/mol. The van der Waals surface area contributed by atoms with Gasteiger partial charge in [0.1, 0.15) is 0 Å². The SMILES string of the molecule is Br.C.F.F.F. The van der Waals surface area contributed by atoms with E-state index in [1.165, 1.54) is 0 Å². The fraction of sp³-hybridized carbons (Fsp3) is 1.00. The number of rotatable bonds is 0. The lowest BCUT2D eigenvalue weighted by molar-refractivity contribution is 1.11. The number of halogens is 4. The minimum absolute atomic E-state index is 0. The van der Waals surface area contributed by atoms with E-state index in [2.05, 4.69) is 0 Å². The molecule has 0 aromatic carbocycles. The van der Waals surface area contributed by atoms with E-state index in [9.17, 15) is 0 Å². The molecule has 0 N–H and O–H groups in total. The van der Waals surface area contributed by atoms with Gasteiger partial charge in [0.25, 0.3) is 0 Å². The van der Waals surface area contributed by atoms with Gasteiger partial charge >= 0.3 is 0 Å². The molecule has 0 nitrogen and oxygen atoms in total. The highest BCUT2D eigenvalue weighted by atomic mass is 79.9. The van der Waals surface area contributed by atoms with Gasteiger partial charge in [0.05, 0.1) is 0 Å². The van der Waals surface area contributed by atoms with Gasteiger partial charge in [-0.15, -0.1) is 17.0 Å². The molecule has 0 heterocycles. The molecule has 0 atom stereocenters. The molecule has 0 spiro atoms. The molecular formula is CH8BrF3. The van der Waals surface area contributed by atoms with Crippen molar-refractivity contribution < 1.29 is 14.1 Å². The van der Waals surface area contributed by atoms with Crippen molar-refractivity contribution in [3.05, 3.63) is 0 Å². The highest BCUT2D eigenvalue weighted by molar-refractivity contribution is 8.93. The zero-order valence-corrected chi connectivity index (χ0v) is 3.35. The van der Waals surface area contributed by atoms with Crippen LogP contribution in [0.15, 0.2) is 0 Å². The second-order valence-corrected chi connectivity index (χ2v) is 0. The first-order valence-electron chi connectivity index (χ1n) is 0. The van der Waals surface area contributed by atoms with Gasteiger partial charge in [-0.25, -0.2) is 0 Å². The van der Waals surface area contributed by atoms with Crippen LogP contribution in [-0.2, 0) is 0 Å². The van der Waals surface area contributed by atoms with E-state index in [1.54, 1.807) is 0 Å². The van der Waals surface area contributed by atoms with Gasteiger partial charge in [0, 0.05) is 0 Å². The summed E-state index contributed by atoms with van der Waals surface area (Å²) in [5.41, 5.74) is 0. The summed E-state index contributed by atoms with van der Waals surface area (Å²) in [4.78, 5) is 0. The normalized spacial score (nSPS) is 0. The Labute approximate surface area is 39.4 Å². The lowest BCUT2D eigenvalue weighted by Gasteiger charge is -0.270. The Bertz CT molecular complexity index is 6.85. The van der Waals surface area contributed by atoms with Crippen LogP contribution in [-0.4, -0.2) is 0 Å². The van der Waals surface area contributed by atoms with Gasteiger partial charge < -0.3 is 0 Å². The van der Waals surface area contributed by atoms with Crippen LogP contribution in [0, 0.1) is 0 Å². The summed E-state index contributed by atoms with van der Waals surface area (Å²) in [6.45, 7) is 0. The standard InChI is InChI=1S/CH4.BrH.3FH/h1H4;4*1H. The molecule has 5 heavy (non-hydrogen) atoms. The summed E-state index contributed by atoms with van der Waals surface area (Å²) in [7, 11) is 0. The van der Waals surface area contributed by atoms with Crippen LogP contribution >= 0.6 is 17.0 Å². The molecule has 0 saturated carbocycles. The van der Waals surface area contributed by atoms with Crippen LogP contribution in [0.3, 0.4) is 0 Å². The second-order valence-electron chi connectivity index (χ2n) is 0. The Kier molecular flexibility index (Phi) is 165000. The fourth-order valence-corrected chi connectivity index (χ4v) is 0. The second kappa shape index (κ2) is 626. The molecule has 40 valence electrons. The largest absolute Gasteiger partial charge is 0.269 e. The summed E-state index contributed by atoms with van der Waals surface area (Å²) in [6, 6.07) is 0. The summed E-state index contributed by atoms with van der Waals surface area (Å²) in [5, 5.41) is 0. The molecule has 0 saturated heterocycles. The lowest BCUT2D eigenvalue weighted by atomic mass is 12.0. The molecule has 4 heteroatoms. The first-order valence-corrected chi connectivity index (χ1v) is 0. The predicted octanol–water partition coefficient (Wildman–Crippen LogP) is 1.67. The number of hydrogen-bond acceptors (Lipinski definition) is 0. The third-order valence-corrected chi connectivity index (χ3v) is 0. The van der Waals surface area contributed by atoms with Crippen LogP contribution in [0.5, 0.6) is 0 Å². The Balaban J connectivity index is 0. The zero-order valence-electron chi connectivity index (χ0n) is 1.63. The Morgan fingerprint density at radius 1 is 0.600 bits per heavy atom. The van der Waals surface area contributed by atoms with Gasteiger partial charge in [-0.05, 0) is 0 Å². The smallest absolute Gasteiger partial charge is 0.0776 e. The molecule has 0 aromatic heterocycles. The van der Waals surface area contributed by atoms with Crippen molar-refractivity contribution in [1.82, 2.24) is 0 Å². The molecule has 0 rings (SSSR count). The van der Waals surface area contributed by atoms with E-state index in [1.807, 2.05) is 0 Å². The van der Waals surface area contributed by atoms with Crippen molar-refractivity contribution in [3.63, 3.8) is 0 Å². The molecule has 0 amide bonds. The van der Waals surface area contributed by atoms with Crippen molar-refractivity contribution in [2.24, 2.45) is 0 Å². The minimum Gasteiger partial charge on any atom is -0.269 e. The van der Waals surface area contributed by atoms with Crippen LogP contribution in [0.2, 0.25) is 0 Å². The van der Waals surface area contributed by atoms with Gasteiger partial charge in [0.15, 0.2) is 0 Å². The molecule has 0 bridgehead atoms. The quantitative estimate of drug-likeness (QED) is 0.501. The van der Waals surface area contributed by atoms with Crippen molar-refractivity contribution in [2.75, 3.05) is 0 Å². The molecule has 0 radical (unpaired) electrons. The summed E-state index contributed by atoms with van der Waals surface area (Å²) >= 11 is 0. The van der Waals surface area contributed by atoms with Gasteiger partial charge in [0.2, 0.25) is 0 Å². The van der Waals surface area contributed by atoms with Crippen molar-refractivity contribution in [1.29, 1.82) is 0 Å². The average Bonchev–Trinajstić information content (AvgIpc) is 0. The van der Waals surface area contributed by atoms with Crippen LogP contribution in [0.4, 0.5) is 14.1 Å². The van der Waals surface area contributed by atoms with Crippen molar-refractivity contribution in [2.45, 2.75) is 7.43 Å². The summed E-state index contributed by atoms with van der Waals surface area (Å²) in [5.74, 6) is 0. The van der Waals surface area contributed by atoms with Gasteiger partial charge in [-0.3, -0.25) is 14.1 Å². The van der Waals surface area contributed by atoms with Crippen molar-refractivity contribution >= 4 is 17.0 Å². The topological polar surface area (TPSA) is 0 Å². The van der Waals surface area contributed by atoms with Gasteiger partial charge in [-0.1, -0.05) is 7.43 Å². The Morgan fingerprint density at radius 3 is 0.600 bits per heavy atom. The highest BCUT2D eigenvalue weighted by Gasteiger charge is -0.0775. The van der Waals surface area contributed by atoms with Crippen LogP contribution in [0.25, 0.3) is 0 Å². The average molecular weight is 157 g/mol. The highest BCUT2D eigenvalue weighted by Crippen LogP contribution is 0.846. The zero-order chi connectivity index (χ0) is 0. The molecule has 0 aromatic rings. The number of hydrogen-bond donors (Lipinski definition) is 0. The Hall–Kier alpha value is 0.270. The Morgan fingerprint density at radius 2 is 0.600 bits per heavy atom. The first kappa shape index (κ1) is 1320. The maximum atomic E-state index is 0. The first-order chi connectivity index (χ1) is 0. The molecular weight excluding hydrogens is 149 g/mol. The molecule has 0 fully saturated rings. The van der Waals surface area contributed by atoms with E-state index in [-0.39, 0.29) is 38.5 Å². The van der Waals surface area contributed by atoms with Crippen LogP contribution in [0.1, 0.15) is 7.43 Å². The summed E-state index contributed by atoms with van der Waals surface area (Å²) in [6.07, 6.45) is 0. The molecule has 0 aliphatic heterocycles. The molecule has 0 aliphatic carbocycles. The van der Waals surface area contributed by atoms with Crippen molar-refractivity contribution in [3.8, 4) is 0 Å². The van der Waals surface area contributed by atoms with E-state index < -0.39 is 0 Å². The monoisotopic (exact) mass is 156 g/mol. The fourth-order valence-electron chi connectivity index (χ4n) is 0. The summed E-state index contributed by atoms with van der Waals surface area (Å²) < 4.78 is 0.